The lowest BCUT2D eigenvalue weighted by Crippen LogP contribution is -2.46. The van der Waals surface area contributed by atoms with Gasteiger partial charge < -0.3 is 10.1 Å². The smallest absolute Gasteiger partial charge is 0.0760 e. The molecule has 2 heterocycles. The Labute approximate surface area is 122 Å². The highest BCUT2D eigenvalue weighted by atomic mass is 16.5. The van der Waals surface area contributed by atoms with Crippen molar-refractivity contribution in [3.05, 3.63) is 29.6 Å². The van der Waals surface area contributed by atoms with Crippen LogP contribution in [0.1, 0.15) is 50.3 Å². The van der Waals surface area contributed by atoms with E-state index in [0.29, 0.717) is 24.0 Å². The molecule has 2 aliphatic rings. The van der Waals surface area contributed by atoms with Gasteiger partial charge in [0.2, 0.25) is 0 Å². The molecule has 3 nitrogen and oxygen atoms in total. The summed E-state index contributed by atoms with van der Waals surface area (Å²) in [6, 6.07) is 4.71. The van der Waals surface area contributed by atoms with Gasteiger partial charge in [0.25, 0.3) is 0 Å². The second-order valence-electron chi connectivity index (χ2n) is 6.27. The number of pyridine rings is 1. The van der Waals surface area contributed by atoms with Gasteiger partial charge >= 0.3 is 0 Å². The number of nitrogens with zero attached hydrogens (tertiary/aromatic N) is 1. The standard InChI is InChI=1S/C17H26N2O/c1-3-9-18-16(17-12(2)8-11-20-17)14-7-6-13-5-4-10-19-15(13)14/h4-5,10,12,14,16-18H,3,6-9,11H2,1-2H3. The lowest BCUT2D eigenvalue weighted by Gasteiger charge is -2.32. The van der Waals surface area contributed by atoms with E-state index in [-0.39, 0.29) is 0 Å². The second kappa shape index (κ2) is 6.23. The highest BCUT2D eigenvalue weighted by Crippen LogP contribution is 2.38. The van der Waals surface area contributed by atoms with Crippen molar-refractivity contribution in [3.8, 4) is 0 Å². The third kappa shape index (κ3) is 2.61. The van der Waals surface area contributed by atoms with Gasteiger partial charge in [0.05, 0.1) is 6.10 Å². The van der Waals surface area contributed by atoms with E-state index in [2.05, 4.69) is 36.3 Å². The number of hydrogen-bond donors (Lipinski definition) is 1. The molecule has 1 fully saturated rings. The Hall–Kier alpha value is -0.930. The Morgan fingerprint density at radius 3 is 3.10 bits per heavy atom. The molecule has 0 spiro atoms. The summed E-state index contributed by atoms with van der Waals surface area (Å²) < 4.78 is 6.06. The molecule has 1 aliphatic carbocycles. The Kier molecular flexibility index (Phi) is 4.37. The summed E-state index contributed by atoms with van der Waals surface area (Å²) in [4.78, 5) is 4.67. The van der Waals surface area contributed by atoms with Crippen LogP contribution in [-0.2, 0) is 11.2 Å². The van der Waals surface area contributed by atoms with Crippen LogP contribution in [0.5, 0.6) is 0 Å². The molecule has 1 saturated heterocycles. The van der Waals surface area contributed by atoms with Gasteiger partial charge in [-0.15, -0.1) is 0 Å². The molecule has 20 heavy (non-hydrogen) atoms. The SMILES string of the molecule is CCCNC(C1CCc2cccnc21)C1OCCC1C. The third-order valence-electron chi connectivity index (χ3n) is 4.86. The van der Waals surface area contributed by atoms with Crippen molar-refractivity contribution in [1.29, 1.82) is 0 Å². The minimum absolute atomic E-state index is 0.347. The maximum absolute atomic E-state index is 6.06. The lowest BCUT2D eigenvalue weighted by molar-refractivity contribution is 0.0515. The zero-order valence-electron chi connectivity index (χ0n) is 12.6. The highest BCUT2D eigenvalue weighted by molar-refractivity contribution is 5.30. The Bertz CT molecular complexity index is 448. The average Bonchev–Trinajstić information content (AvgIpc) is 3.07. The lowest BCUT2D eigenvalue weighted by atomic mass is 9.86. The number of ether oxygens (including phenoxy) is 1. The van der Waals surface area contributed by atoms with E-state index in [1.54, 1.807) is 0 Å². The number of nitrogens with one attached hydrogen (secondary N) is 1. The molecule has 0 saturated carbocycles. The van der Waals surface area contributed by atoms with Crippen LogP contribution in [0.15, 0.2) is 18.3 Å². The maximum Gasteiger partial charge on any atom is 0.0760 e. The summed E-state index contributed by atoms with van der Waals surface area (Å²) in [5, 5.41) is 3.76. The molecule has 3 heteroatoms. The summed E-state index contributed by atoms with van der Waals surface area (Å²) in [6.07, 6.45) is 7.02. The molecule has 1 aromatic rings. The van der Waals surface area contributed by atoms with Crippen LogP contribution in [0, 0.1) is 5.92 Å². The quantitative estimate of drug-likeness (QED) is 0.896. The van der Waals surface area contributed by atoms with E-state index >= 15 is 0 Å². The fraction of sp³-hybridized carbons (Fsp3) is 0.706. The van der Waals surface area contributed by atoms with Crippen molar-refractivity contribution < 1.29 is 4.74 Å². The Balaban J connectivity index is 1.82. The molecule has 1 aliphatic heterocycles. The van der Waals surface area contributed by atoms with Crippen LogP contribution >= 0.6 is 0 Å². The van der Waals surface area contributed by atoms with Gasteiger partial charge in [-0.2, -0.15) is 0 Å². The minimum atomic E-state index is 0.347. The van der Waals surface area contributed by atoms with Gasteiger partial charge in [0, 0.05) is 30.5 Å². The first kappa shape index (κ1) is 14.0. The predicted molar refractivity (Wildman–Crippen MR) is 80.9 cm³/mol. The van der Waals surface area contributed by atoms with Crippen LogP contribution in [0.25, 0.3) is 0 Å². The topological polar surface area (TPSA) is 34.2 Å². The molecule has 4 atom stereocenters. The summed E-state index contributed by atoms with van der Waals surface area (Å²) in [7, 11) is 0. The molecule has 1 N–H and O–H groups in total. The van der Waals surface area contributed by atoms with Gasteiger partial charge in [0.1, 0.15) is 0 Å². The zero-order valence-corrected chi connectivity index (χ0v) is 12.6. The van der Waals surface area contributed by atoms with Gasteiger partial charge in [-0.3, -0.25) is 4.98 Å². The molecule has 3 rings (SSSR count). The number of aromatic nitrogens is 1. The van der Waals surface area contributed by atoms with E-state index in [0.717, 1.165) is 13.2 Å². The van der Waals surface area contributed by atoms with Crippen LogP contribution in [0.4, 0.5) is 0 Å². The van der Waals surface area contributed by atoms with Crippen molar-refractivity contribution in [2.45, 2.75) is 57.6 Å². The Morgan fingerprint density at radius 1 is 1.45 bits per heavy atom. The van der Waals surface area contributed by atoms with Gasteiger partial charge in [-0.25, -0.2) is 0 Å². The van der Waals surface area contributed by atoms with E-state index in [1.165, 1.54) is 36.9 Å². The van der Waals surface area contributed by atoms with Crippen LogP contribution in [-0.4, -0.2) is 30.3 Å². The maximum atomic E-state index is 6.06. The fourth-order valence-corrected chi connectivity index (χ4v) is 3.77. The van der Waals surface area contributed by atoms with Crippen molar-refractivity contribution in [2.75, 3.05) is 13.2 Å². The third-order valence-corrected chi connectivity index (χ3v) is 4.86. The summed E-state index contributed by atoms with van der Waals surface area (Å²) in [6.45, 7) is 6.53. The van der Waals surface area contributed by atoms with E-state index in [4.69, 9.17) is 4.74 Å². The first-order valence-electron chi connectivity index (χ1n) is 8.10. The first-order chi connectivity index (χ1) is 9.81. The normalized spacial score (nSPS) is 30.4. The summed E-state index contributed by atoms with van der Waals surface area (Å²) in [5.41, 5.74) is 2.75. The predicted octanol–water partition coefficient (Wildman–Crippen LogP) is 2.90. The number of rotatable bonds is 5. The fourth-order valence-electron chi connectivity index (χ4n) is 3.77. The summed E-state index contributed by atoms with van der Waals surface area (Å²) in [5.74, 6) is 1.17. The van der Waals surface area contributed by atoms with E-state index in [1.807, 2.05) is 6.20 Å². The molecule has 0 aromatic carbocycles. The largest absolute Gasteiger partial charge is 0.376 e. The van der Waals surface area contributed by atoms with E-state index < -0.39 is 0 Å². The zero-order chi connectivity index (χ0) is 13.9. The molecule has 110 valence electrons. The van der Waals surface area contributed by atoms with Gasteiger partial charge in [-0.05, 0) is 49.8 Å². The van der Waals surface area contributed by atoms with E-state index in [9.17, 15) is 0 Å². The van der Waals surface area contributed by atoms with Crippen molar-refractivity contribution >= 4 is 0 Å². The van der Waals surface area contributed by atoms with Gasteiger partial charge in [-0.1, -0.05) is 19.9 Å². The number of aryl methyl sites for hydroxylation is 1. The van der Waals surface area contributed by atoms with Crippen LogP contribution < -0.4 is 5.32 Å². The molecular weight excluding hydrogens is 248 g/mol. The molecule has 0 radical (unpaired) electrons. The Morgan fingerprint density at radius 2 is 2.35 bits per heavy atom. The van der Waals surface area contributed by atoms with Crippen LogP contribution in [0.2, 0.25) is 0 Å². The van der Waals surface area contributed by atoms with Gasteiger partial charge in [0.15, 0.2) is 0 Å². The highest BCUT2D eigenvalue weighted by Gasteiger charge is 2.40. The molecular formula is C17H26N2O. The molecule has 0 amide bonds. The second-order valence-corrected chi connectivity index (χ2v) is 6.27. The van der Waals surface area contributed by atoms with Crippen molar-refractivity contribution in [2.24, 2.45) is 5.92 Å². The minimum Gasteiger partial charge on any atom is -0.376 e. The van der Waals surface area contributed by atoms with Crippen LogP contribution in [0.3, 0.4) is 0 Å². The number of fused-ring (bicyclic) bond motifs is 1. The molecule has 1 aromatic heterocycles. The first-order valence-corrected chi connectivity index (χ1v) is 8.10. The average molecular weight is 274 g/mol. The number of hydrogen-bond acceptors (Lipinski definition) is 3. The molecule has 4 unspecified atom stereocenters. The monoisotopic (exact) mass is 274 g/mol. The van der Waals surface area contributed by atoms with Crippen molar-refractivity contribution in [1.82, 2.24) is 10.3 Å². The summed E-state index contributed by atoms with van der Waals surface area (Å²) >= 11 is 0. The molecule has 0 bridgehead atoms. The van der Waals surface area contributed by atoms with Crippen molar-refractivity contribution in [3.63, 3.8) is 0 Å².